The summed E-state index contributed by atoms with van der Waals surface area (Å²) in [6.45, 7) is 6.54. The molecule has 0 aliphatic carbocycles. The van der Waals surface area contributed by atoms with Gasteiger partial charge in [-0.2, -0.15) is 0 Å². The average molecular weight is 328 g/mol. The SMILES string of the molecule is CC1CCN2c3c1cc1c(c3C(C)C(=O)C2C)[N+](=O)C(C(=O)O)=N1. The van der Waals surface area contributed by atoms with Crippen LogP contribution in [0.25, 0.3) is 0 Å². The second kappa shape index (κ2) is 4.72. The van der Waals surface area contributed by atoms with Gasteiger partial charge in [0.25, 0.3) is 0 Å². The van der Waals surface area contributed by atoms with Crippen molar-refractivity contribution in [1.82, 2.24) is 0 Å². The van der Waals surface area contributed by atoms with Gasteiger partial charge >= 0.3 is 11.8 Å². The van der Waals surface area contributed by atoms with Gasteiger partial charge in [-0.25, -0.2) is 4.79 Å². The highest BCUT2D eigenvalue weighted by atomic mass is 16.4. The highest BCUT2D eigenvalue weighted by molar-refractivity contribution is 6.33. The zero-order valence-corrected chi connectivity index (χ0v) is 13.7. The van der Waals surface area contributed by atoms with E-state index in [1.165, 1.54) is 0 Å². The Balaban J connectivity index is 2.05. The van der Waals surface area contributed by atoms with E-state index < -0.39 is 17.7 Å². The third kappa shape index (κ3) is 1.69. The van der Waals surface area contributed by atoms with E-state index >= 15 is 0 Å². The summed E-state index contributed by atoms with van der Waals surface area (Å²) in [5.41, 5.74) is 3.18. The molecule has 1 aromatic carbocycles. The number of carboxylic acids is 1. The monoisotopic (exact) mass is 328 g/mol. The van der Waals surface area contributed by atoms with Gasteiger partial charge in [-0.05, 0) is 35.9 Å². The summed E-state index contributed by atoms with van der Waals surface area (Å²) >= 11 is 0. The standard InChI is InChI=1S/C17H17N3O4/c1-7-4-5-19-9(3)15(21)8(2)12-13(19)10(7)6-11-14(12)20(24)16(18-11)17(22)23/h6-9H,4-5H2,1-3H3/p+1. The highest BCUT2D eigenvalue weighted by Crippen LogP contribution is 2.53. The molecule has 0 aromatic heterocycles. The normalized spacial score (nSPS) is 27.7. The number of nitrogens with zero attached hydrogens (tertiary/aromatic N) is 3. The molecular formula is C17H18N3O4+. The maximum Gasteiger partial charge on any atom is 0.453 e. The minimum absolute atomic E-state index is 0.0496. The lowest BCUT2D eigenvalue weighted by Gasteiger charge is -2.44. The number of anilines is 1. The predicted molar refractivity (Wildman–Crippen MR) is 87.7 cm³/mol. The molecule has 3 heterocycles. The van der Waals surface area contributed by atoms with Gasteiger partial charge in [-0.3, -0.25) is 4.79 Å². The van der Waals surface area contributed by atoms with Crippen LogP contribution in [-0.2, 0) is 9.59 Å². The Labute approximate surface area is 138 Å². The number of carbonyl (C=O) groups is 2. The van der Waals surface area contributed by atoms with Gasteiger partial charge in [0.1, 0.15) is 0 Å². The van der Waals surface area contributed by atoms with E-state index in [1.54, 1.807) is 6.92 Å². The molecule has 24 heavy (non-hydrogen) atoms. The Hall–Kier alpha value is -2.57. The van der Waals surface area contributed by atoms with Crippen LogP contribution in [0.15, 0.2) is 11.1 Å². The van der Waals surface area contributed by atoms with Gasteiger partial charge in [0.05, 0.1) is 6.04 Å². The molecule has 4 rings (SSSR count). The number of carboxylic acid groups (broad SMARTS) is 1. The van der Waals surface area contributed by atoms with Crippen LogP contribution >= 0.6 is 0 Å². The van der Waals surface area contributed by atoms with Crippen molar-refractivity contribution in [2.24, 2.45) is 4.99 Å². The first-order valence-electron chi connectivity index (χ1n) is 8.13. The molecule has 3 aliphatic heterocycles. The molecule has 0 spiro atoms. The minimum atomic E-state index is -1.36. The number of hydrogen-bond donors (Lipinski definition) is 1. The number of carbonyl (C=O) groups excluding carboxylic acids is 1. The summed E-state index contributed by atoms with van der Waals surface area (Å²) < 4.78 is 0.366. The van der Waals surface area contributed by atoms with Gasteiger partial charge in [0, 0.05) is 28.5 Å². The summed E-state index contributed by atoms with van der Waals surface area (Å²) in [4.78, 5) is 42.6. The lowest BCUT2D eigenvalue weighted by atomic mass is 9.78. The van der Waals surface area contributed by atoms with Crippen LogP contribution < -0.4 is 4.90 Å². The summed E-state index contributed by atoms with van der Waals surface area (Å²) in [5.74, 6) is -2.03. The number of ketones is 1. The Bertz CT molecular complexity index is 858. The van der Waals surface area contributed by atoms with Gasteiger partial charge in [-0.15, -0.1) is 0 Å². The largest absolute Gasteiger partial charge is 0.472 e. The Morgan fingerprint density at radius 3 is 2.75 bits per heavy atom. The molecule has 0 amide bonds. The first-order valence-corrected chi connectivity index (χ1v) is 8.13. The van der Waals surface area contributed by atoms with E-state index in [9.17, 15) is 19.6 Å². The molecule has 1 N–H and O–H groups in total. The number of Topliss-reactive ketones (excluding diaryl/α,β-unsaturated/α-hetero) is 1. The predicted octanol–water partition coefficient (Wildman–Crippen LogP) is 2.61. The zero-order valence-electron chi connectivity index (χ0n) is 13.7. The number of aliphatic imine (C=N–C) groups is 1. The van der Waals surface area contributed by atoms with E-state index in [0.717, 1.165) is 24.2 Å². The quantitative estimate of drug-likeness (QED) is 0.800. The van der Waals surface area contributed by atoms with Crippen LogP contribution in [0.4, 0.5) is 17.1 Å². The van der Waals surface area contributed by atoms with Crippen molar-refractivity contribution in [2.75, 3.05) is 11.4 Å². The first kappa shape index (κ1) is 15.0. The van der Waals surface area contributed by atoms with Crippen LogP contribution in [0.2, 0.25) is 0 Å². The first-order chi connectivity index (χ1) is 11.3. The zero-order chi connectivity index (χ0) is 17.3. The molecule has 3 aliphatic rings. The topological polar surface area (TPSA) is 90.0 Å². The molecule has 0 fully saturated rings. The van der Waals surface area contributed by atoms with E-state index in [1.807, 2.05) is 13.0 Å². The van der Waals surface area contributed by atoms with Crippen LogP contribution in [0, 0.1) is 4.91 Å². The number of amidine groups is 1. The third-order valence-corrected chi connectivity index (χ3v) is 5.49. The molecule has 7 heteroatoms. The molecule has 3 unspecified atom stereocenters. The summed E-state index contributed by atoms with van der Waals surface area (Å²) in [5, 5.41) is 9.21. The average Bonchev–Trinajstić information content (AvgIpc) is 2.88. The van der Waals surface area contributed by atoms with Gasteiger partial charge in [-0.1, -0.05) is 18.8 Å². The summed E-state index contributed by atoms with van der Waals surface area (Å²) in [7, 11) is 0. The number of rotatable bonds is 1. The number of fused-ring (bicyclic) bond motifs is 2. The fourth-order valence-electron chi connectivity index (χ4n) is 4.14. The molecule has 7 nitrogen and oxygen atoms in total. The molecule has 0 bridgehead atoms. The van der Waals surface area contributed by atoms with Crippen LogP contribution in [-0.4, -0.2) is 40.0 Å². The van der Waals surface area contributed by atoms with Crippen LogP contribution in [0.3, 0.4) is 0 Å². The van der Waals surface area contributed by atoms with Gasteiger partial charge in [0.15, 0.2) is 5.78 Å². The van der Waals surface area contributed by atoms with Crippen molar-refractivity contribution in [3.63, 3.8) is 0 Å². The highest BCUT2D eigenvalue weighted by Gasteiger charge is 2.49. The van der Waals surface area contributed by atoms with Crippen LogP contribution in [0.5, 0.6) is 0 Å². The van der Waals surface area contributed by atoms with Gasteiger partial charge in [0.2, 0.25) is 11.4 Å². The Kier molecular flexibility index (Phi) is 2.95. The van der Waals surface area contributed by atoms with Crippen molar-refractivity contribution in [1.29, 1.82) is 0 Å². The van der Waals surface area contributed by atoms with E-state index in [4.69, 9.17) is 0 Å². The van der Waals surface area contributed by atoms with Crippen molar-refractivity contribution < 1.29 is 19.5 Å². The van der Waals surface area contributed by atoms with Crippen molar-refractivity contribution in [3.05, 3.63) is 22.1 Å². The maximum atomic E-state index is 12.7. The van der Waals surface area contributed by atoms with E-state index in [2.05, 4.69) is 16.8 Å². The fourth-order valence-corrected chi connectivity index (χ4v) is 4.14. The Morgan fingerprint density at radius 1 is 1.38 bits per heavy atom. The molecule has 0 saturated heterocycles. The van der Waals surface area contributed by atoms with Crippen molar-refractivity contribution in [2.45, 2.75) is 45.1 Å². The van der Waals surface area contributed by atoms with E-state index in [0.29, 0.717) is 16.0 Å². The molecule has 1 aromatic rings. The lowest BCUT2D eigenvalue weighted by molar-refractivity contribution is -0.327. The van der Waals surface area contributed by atoms with Crippen LogP contribution in [0.1, 0.15) is 50.2 Å². The molecule has 3 atom stereocenters. The lowest BCUT2D eigenvalue weighted by Crippen LogP contribution is -2.48. The molecule has 124 valence electrons. The van der Waals surface area contributed by atoms with Gasteiger partial charge < -0.3 is 10.0 Å². The molecule has 0 radical (unpaired) electrons. The minimum Gasteiger partial charge on any atom is -0.472 e. The molecular weight excluding hydrogens is 310 g/mol. The Morgan fingerprint density at radius 2 is 2.08 bits per heavy atom. The summed E-state index contributed by atoms with van der Waals surface area (Å²) in [6, 6.07) is 1.58. The maximum absolute atomic E-state index is 12.7. The smallest absolute Gasteiger partial charge is 0.453 e. The number of aliphatic carboxylic acids is 1. The molecule has 0 saturated carbocycles. The van der Waals surface area contributed by atoms with Crippen molar-refractivity contribution >= 4 is 34.7 Å². The number of hydrogen-bond acceptors (Lipinski definition) is 5. The van der Waals surface area contributed by atoms with E-state index in [-0.39, 0.29) is 23.4 Å². The third-order valence-electron chi connectivity index (χ3n) is 5.49. The number of benzene rings is 1. The van der Waals surface area contributed by atoms with Crippen molar-refractivity contribution in [3.8, 4) is 0 Å². The second-order valence-corrected chi connectivity index (χ2v) is 6.81. The number of nitroso groups, excluding NO2 is 1. The second-order valence-electron chi connectivity index (χ2n) is 6.81. The fraction of sp³-hybridized carbons (Fsp3) is 0.471. The summed E-state index contributed by atoms with van der Waals surface area (Å²) in [6.07, 6.45) is 0.911.